The Balaban J connectivity index is 3.12. The van der Waals surface area contributed by atoms with E-state index in [1.165, 1.54) is 85.8 Å². The highest BCUT2D eigenvalue weighted by atomic mass is 33.1. The average Bonchev–Trinajstić information content (AvgIpc) is 2.42. The van der Waals surface area contributed by atoms with Gasteiger partial charge in [-0.25, -0.2) is 0 Å². The molecule has 0 aromatic carbocycles. The lowest BCUT2D eigenvalue weighted by Gasteiger charge is -2.06. The van der Waals surface area contributed by atoms with Crippen LogP contribution in [-0.4, -0.2) is 15.2 Å². The van der Waals surface area contributed by atoms with Crippen molar-refractivity contribution in [3.8, 4) is 0 Å². The lowest BCUT2D eigenvalue weighted by molar-refractivity contribution is 0.555. The van der Waals surface area contributed by atoms with Crippen LogP contribution in [0.2, 0.25) is 0 Å². The third-order valence-electron chi connectivity index (χ3n) is 3.00. The second kappa shape index (κ2) is 15.9. The monoisotopic (exact) mass is 352 g/mol. The summed E-state index contributed by atoms with van der Waals surface area (Å²) in [5.41, 5.74) is 5.39. The van der Waals surface area contributed by atoms with Gasteiger partial charge in [0.15, 0.2) is 0 Å². The van der Waals surface area contributed by atoms with E-state index in [9.17, 15) is 0 Å². The molecule has 20 heavy (non-hydrogen) atoms. The Bertz CT molecular complexity index is 260. The molecule has 0 bridgehead atoms. The lowest BCUT2D eigenvalue weighted by Crippen LogP contribution is -2.19. The first-order valence-corrected chi connectivity index (χ1v) is 10.5. The molecule has 0 spiro atoms. The van der Waals surface area contributed by atoms with Crippen LogP contribution in [0.3, 0.4) is 0 Å². The summed E-state index contributed by atoms with van der Waals surface area (Å²) in [7, 11) is 2.78. The SMILES string of the molecule is CCCCCCCCCCCCNC(=S)SSC(N)=S. The number of unbranched alkanes of at least 4 members (excludes halogenated alkanes) is 9. The first kappa shape index (κ1) is 20.5. The Morgan fingerprint density at radius 3 is 1.85 bits per heavy atom. The predicted molar refractivity (Wildman–Crippen MR) is 104 cm³/mol. The Hall–Kier alpha value is 0.480. The molecule has 0 saturated carbocycles. The summed E-state index contributed by atoms with van der Waals surface area (Å²) in [6.07, 6.45) is 13.6. The summed E-state index contributed by atoms with van der Waals surface area (Å²) in [5, 5.41) is 3.22. The van der Waals surface area contributed by atoms with Crippen molar-refractivity contribution in [2.75, 3.05) is 6.54 Å². The third-order valence-corrected chi connectivity index (χ3v) is 6.11. The van der Waals surface area contributed by atoms with E-state index in [0.717, 1.165) is 10.9 Å². The van der Waals surface area contributed by atoms with Gasteiger partial charge in [-0.2, -0.15) is 0 Å². The molecule has 0 aliphatic carbocycles. The van der Waals surface area contributed by atoms with E-state index in [1.54, 1.807) is 0 Å². The van der Waals surface area contributed by atoms with Gasteiger partial charge in [0.05, 0.1) is 0 Å². The van der Waals surface area contributed by atoms with E-state index in [4.69, 9.17) is 30.2 Å². The van der Waals surface area contributed by atoms with Crippen LogP contribution in [0.15, 0.2) is 0 Å². The number of hydrogen-bond donors (Lipinski definition) is 2. The molecule has 0 aliphatic rings. The lowest BCUT2D eigenvalue weighted by atomic mass is 10.1. The van der Waals surface area contributed by atoms with Gasteiger partial charge < -0.3 is 11.1 Å². The summed E-state index contributed by atoms with van der Waals surface area (Å²) in [4.78, 5) is 0. The number of nitrogens with one attached hydrogen (secondary N) is 1. The fraction of sp³-hybridized carbons (Fsp3) is 0.857. The molecule has 6 heteroatoms. The molecule has 0 rings (SSSR count). The highest BCUT2D eigenvalue weighted by molar-refractivity contribution is 8.89. The van der Waals surface area contributed by atoms with E-state index in [0.29, 0.717) is 4.32 Å². The second-order valence-corrected chi connectivity index (χ2v) is 8.43. The Morgan fingerprint density at radius 1 is 0.850 bits per heavy atom. The van der Waals surface area contributed by atoms with Crippen molar-refractivity contribution in [3.63, 3.8) is 0 Å². The van der Waals surface area contributed by atoms with Crippen LogP contribution < -0.4 is 11.1 Å². The topological polar surface area (TPSA) is 38.0 Å². The van der Waals surface area contributed by atoms with Crippen molar-refractivity contribution in [1.29, 1.82) is 0 Å². The largest absolute Gasteiger partial charge is 0.384 e. The first-order chi connectivity index (χ1) is 9.66. The van der Waals surface area contributed by atoms with Crippen molar-refractivity contribution in [2.24, 2.45) is 5.73 Å². The zero-order chi connectivity index (χ0) is 15.1. The van der Waals surface area contributed by atoms with Gasteiger partial charge in [-0.05, 0) is 28.0 Å². The molecule has 0 heterocycles. The number of nitrogens with two attached hydrogens (primary N) is 1. The Kier molecular flexibility index (Phi) is 16.2. The average molecular weight is 353 g/mol. The molecule has 0 aliphatic heterocycles. The second-order valence-electron chi connectivity index (χ2n) is 4.88. The molecule has 2 nitrogen and oxygen atoms in total. The summed E-state index contributed by atoms with van der Waals surface area (Å²) in [5.74, 6) is 0. The summed E-state index contributed by atoms with van der Waals surface area (Å²) >= 11 is 9.93. The van der Waals surface area contributed by atoms with Gasteiger partial charge in [0, 0.05) is 6.54 Å². The molecular weight excluding hydrogens is 324 g/mol. The molecule has 3 N–H and O–H groups in total. The molecule has 0 aromatic rings. The van der Waals surface area contributed by atoms with Crippen LogP contribution in [0, 0.1) is 0 Å². The predicted octanol–water partition coefficient (Wildman–Crippen LogP) is 5.41. The molecular formula is C14H28N2S4. The smallest absolute Gasteiger partial charge is 0.144 e. The van der Waals surface area contributed by atoms with Crippen LogP contribution >= 0.6 is 46.0 Å². The summed E-state index contributed by atoms with van der Waals surface area (Å²) in [6, 6.07) is 0. The molecule has 0 saturated heterocycles. The zero-order valence-electron chi connectivity index (χ0n) is 12.5. The van der Waals surface area contributed by atoms with Gasteiger partial charge in [0.1, 0.15) is 8.64 Å². The zero-order valence-corrected chi connectivity index (χ0v) is 15.8. The summed E-state index contributed by atoms with van der Waals surface area (Å²) < 4.78 is 1.21. The highest BCUT2D eigenvalue weighted by Gasteiger charge is 1.99. The molecule has 0 unspecified atom stereocenters. The van der Waals surface area contributed by atoms with Gasteiger partial charge in [-0.1, -0.05) is 89.1 Å². The van der Waals surface area contributed by atoms with E-state index in [-0.39, 0.29) is 0 Å². The van der Waals surface area contributed by atoms with E-state index in [2.05, 4.69) is 12.2 Å². The van der Waals surface area contributed by atoms with Gasteiger partial charge in [0.2, 0.25) is 0 Å². The van der Waals surface area contributed by atoms with E-state index in [1.807, 2.05) is 0 Å². The number of hydrogen-bond acceptors (Lipinski definition) is 4. The minimum Gasteiger partial charge on any atom is -0.384 e. The number of rotatable bonds is 11. The van der Waals surface area contributed by atoms with Crippen molar-refractivity contribution in [1.82, 2.24) is 5.32 Å². The van der Waals surface area contributed by atoms with Crippen LogP contribution in [0.4, 0.5) is 0 Å². The normalized spacial score (nSPS) is 10.4. The number of thiocarbonyl (C=S) groups is 2. The summed E-state index contributed by atoms with van der Waals surface area (Å²) in [6.45, 7) is 3.22. The fourth-order valence-corrected chi connectivity index (χ4v) is 3.59. The van der Waals surface area contributed by atoms with E-state index >= 15 is 0 Å². The van der Waals surface area contributed by atoms with Crippen molar-refractivity contribution >= 4 is 54.7 Å². The quantitative estimate of drug-likeness (QED) is 0.294. The maximum Gasteiger partial charge on any atom is 0.144 e. The van der Waals surface area contributed by atoms with Crippen molar-refractivity contribution in [2.45, 2.75) is 71.1 Å². The van der Waals surface area contributed by atoms with Gasteiger partial charge >= 0.3 is 0 Å². The first-order valence-electron chi connectivity index (χ1n) is 7.58. The van der Waals surface area contributed by atoms with Crippen LogP contribution in [0.1, 0.15) is 71.1 Å². The minimum absolute atomic E-state index is 0.429. The Labute approximate surface area is 143 Å². The fourth-order valence-electron chi connectivity index (χ4n) is 1.91. The Morgan fingerprint density at radius 2 is 1.35 bits per heavy atom. The maximum absolute atomic E-state index is 5.39. The van der Waals surface area contributed by atoms with Crippen LogP contribution in [0.5, 0.6) is 0 Å². The van der Waals surface area contributed by atoms with Gasteiger partial charge in [-0.3, -0.25) is 0 Å². The van der Waals surface area contributed by atoms with Crippen molar-refractivity contribution < 1.29 is 0 Å². The third kappa shape index (κ3) is 16.5. The van der Waals surface area contributed by atoms with Crippen LogP contribution in [0.25, 0.3) is 0 Å². The molecule has 118 valence electrons. The standard InChI is InChI=1S/C14H28N2S4/c1-2-3-4-5-6-7-8-9-10-11-12-16-14(18)20-19-13(15)17/h2-12H2,1H3,(H2,15,17)(H,16,18). The van der Waals surface area contributed by atoms with Crippen molar-refractivity contribution in [3.05, 3.63) is 0 Å². The van der Waals surface area contributed by atoms with Gasteiger partial charge in [0.25, 0.3) is 0 Å². The van der Waals surface area contributed by atoms with E-state index < -0.39 is 0 Å². The van der Waals surface area contributed by atoms with Crippen LogP contribution in [-0.2, 0) is 0 Å². The molecule has 0 atom stereocenters. The highest BCUT2D eigenvalue weighted by Crippen LogP contribution is 2.21. The maximum atomic E-state index is 5.39. The molecule has 0 aromatic heterocycles. The molecule has 0 fully saturated rings. The molecule has 0 radical (unpaired) electrons. The van der Waals surface area contributed by atoms with Gasteiger partial charge in [-0.15, -0.1) is 0 Å². The minimum atomic E-state index is 0.429. The molecule has 0 amide bonds.